The number of aryl methyl sites for hydroxylation is 8. The van der Waals surface area contributed by atoms with Gasteiger partial charge in [-0.05, 0) is 123 Å². The van der Waals surface area contributed by atoms with Crippen molar-refractivity contribution in [3.63, 3.8) is 0 Å². The fraction of sp³-hybridized carbons (Fsp3) is 0.167. The van der Waals surface area contributed by atoms with Gasteiger partial charge in [0.1, 0.15) is 0 Å². The molecule has 0 bridgehead atoms. The molecule has 0 radical (unpaired) electrons. The van der Waals surface area contributed by atoms with E-state index < -0.39 is 0 Å². The summed E-state index contributed by atoms with van der Waals surface area (Å²) in [5, 5.41) is 21.3. The van der Waals surface area contributed by atoms with Crippen molar-refractivity contribution >= 4 is 93.2 Å². The van der Waals surface area contributed by atoms with Gasteiger partial charge in [0.15, 0.2) is 13.4 Å². The van der Waals surface area contributed by atoms with Crippen LogP contribution < -0.4 is 32.8 Å². The molecule has 9 aromatic rings. The predicted octanol–water partition coefficient (Wildman–Crippen LogP) is 5.77. The first kappa shape index (κ1) is 44.2. The minimum atomic E-state index is -0.198. The Morgan fingerprint density at radius 2 is 0.727 bits per heavy atom. The standard InChI is InChI=1S/C48H34B2N10S4.2Pt/c1-23-13-27(5)57(53-23)31-9-11-39-35(17-31)49-37-19-33(59-29(7)15-25(3)55-59)21-51-47(37)63-45-41(49)43(61-39)44-42-46(45)64-48-38(20-34(22-52-48)60-30(8)16-26(4)56-60)50(42)36-18-32(10-12-40(36)62-44)58-28(6)14-24(2)54-58;;/h9-16,21-22H,1-8H3;;/q-4;2*+2. The van der Waals surface area contributed by atoms with E-state index in [1.165, 1.54) is 30.5 Å². The Bertz CT molecular complexity index is 3100. The molecule has 10 heterocycles. The van der Waals surface area contributed by atoms with Crippen molar-refractivity contribution in [3.05, 3.63) is 131 Å². The van der Waals surface area contributed by atoms with Crippen LogP contribution in [0.15, 0.2) is 100 Å². The zero-order chi connectivity index (χ0) is 43.4. The Balaban J connectivity index is 0.00000241. The van der Waals surface area contributed by atoms with E-state index in [1.54, 1.807) is 23.5 Å². The third kappa shape index (κ3) is 6.67. The van der Waals surface area contributed by atoms with Crippen molar-refractivity contribution < 1.29 is 42.1 Å². The molecule has 6 aromatic heterocycles. The number of rotatable bonds is 4. The van der Waals surface area contributed by atoms with Crippen LogP contribution in [0.4, 0.5) is 0 Å². The first-order valence-electron chi connectivity index (χ1n) is 21.0. The fourth-order valence-corrected chi connectivity index (χ4v) is 15.0. The van der Waals surface area contributed by atoms with Gasteiger partial charge in [-0.25, -0.2) is 0 Å². The van der Waals surface area contributed by atoms with E-state index in [-0.39, 0.29) is 55.6 Å². The zero-order valence-electron chi connectivity index (χ0n) is 36.7. The molecule has 0 N–H and O–H groups in total. The van der Waals surface area contributed by atoms with E-state index in [4.69, 9.17) is 30.4 Å². The first-order valence-corrected chi connectivity index (χ1v) is 24.3. The molecular weight excluding hydrogens is 1260 g/mol. The Morgan fingerprint density at radius 3 is 1.06 bits per heavy atom. The molecule has 0 saturated carbocycles. The van der Waals surface area contributed by atoms with Crippen LogP contribution in [0.25, 0.3) is 22.7 Å². The molecule has 66 heavy (non-hydrogen) atoms. The van der Waals surface area contributed by atoms with Gasteiger partial charge in [0.2, 0.25) is 0 Å². The minimum Gasteiger partial charge on any atom is -0.375 e. The van der Waals surface area contributed by atoms with Crippen LogP contribution in [-0.4, -0.2) is 62.5 Å². The van der Waals surface area contributed by atoms with Crippen LogP contribution in [0.3, 0.4) is 0 Å². The van der Waals surface area contributed by atoms with Gasteiger partial charge in [-0.1, -0.05) is 12.4 Å². The van der Waals surface area contributed by atoms with Crippen molar-refractivity contribution in [2.75, 3.05) is 0 Å². The maximum atomic E-state index is 5.25. The second-order valence-corrected chi connectivity index (χ2v) is 21.1. The summed E-state index contributed by atoms with van der Waals surface area (Å²) in [4.78, 5) is 17.8. The van der Waals surface area contributed by atoms with Crippen LogP contribution in [0.1, 0.15) is 45.6 Å². The van der Waals surface area contributed by atoms with Crippen LogP contribution in [-0.2, 0) is 42.1 Å². The molecule has 10 nitrogen and oxygen atoms in total. The molecule has 4 aliphatic rings. The molecule has 0 atom stereocenters. The van der Waals surface area contributed by atoms with Crippen LogP contribution >= 0.6 is 47.0 Å². The third-order valence-electron chi connectivity index (χ3n) is 12.3. The maximum Gasteiger partial charge on any atom is 2.00 e. The summed E-state index contributed by atoms with van der Waals surface area (Å²) in [5.74, 6) is 0. The molecule has 18 heteroatoms. The number of hydrogen-bond donors (Lipinski definition) is 0. The number of pyridine rings is 2. The average Bonchev–Trinajstić information content (AvgIpc) is 4.03. The Hall–Kier alpha value is -4.29. The SMILES string of the molecule is Cc1cc(C)n(-c2[c-]c3c(cc2)Sc2c4c5c(c6c2B3c2[c-]c(-n3nc(C)cc3C)cnc2S6)Sc2ncc(-n3nc(C)cc3C)[c-]c2B5c2[c-]c(-n3nc(C)cc3C)ccc2S4)n1.[Pt+2].[Pt+2]. The molecule has 0 aliphatic carbocycles. The van der Waals surface area contributed by atoms with Crippen molar-refractivity contribution in [1.82, 2.24) is 49.1 Å². The van der Waals surface area contributed by atoms with E-state index in [9.17, 15) is 0 Å². The second-order valence-electron chi connectivity index (χ2n) is 17.0. The zero-order valence-corrected chi connectivity index (χ0v) is 44.5. The molecule has 4 aliphatic heterocycles. The molecule has 13 rings (SSSR count). The number of aromatic nitrogens is 10. The second kappa shape index (κ2) is 16.2. The van der Waals surface area contributed by atoms with Crippen molar-refractivity contribution in [3.8, 4) is 22.7 Å². The van der Waals surface area contributed by atoms with E-state index in [1.807, 2.05) is 82.3 Å². The molecule has 326 valence electrons. The summed E-state index contributed by atoms with van der Waals surface area (Å²) in [5.41, 5.74) is 18.3. The van der Waals surface area contributed by atoms with Gasteiger partial charge in [0, 0.05) is 42.4 Å². The predicted molar refractivity (Wildman–Crippen MR) is 255 cm³/mol. The van der Waals surface area contributed by atoms with E-state index in [2.05, 4.69) is 100 Å². The molecule has 3 aromatic carbocycles. The van der Waals surface area contributed by atoms with Gasteiger partial charge in [-0.3, -0.25) is 18.7 Å². The molecule has 0 fully saturated rings. The summed E-state index contributed by atoms with van der Waals surface area (Å²) >= 11 is 7.19. The Labute approximate surface area is 429 Å². The van der Waals surface area contributed by atoms with Crippen molar-refractivity contribution in [2.45, 2.75) is 94.8 Å². The van der Waals surface area contributed by atoms with Gasteiger partial charge in [0.25, 0.3) is 0 Å². The summed E-state index contributed by atoms with van der Waals surface area (Å²) in [6, 6.07) is 32.9. The smallest absolute Gasteiger partial charge is 0.375 e. The van der Waals surface area contributed by atoms with Crippen LogP contribution in [0.5, 0.6) is 0 Å². The number of fused-ring (bicyclic) bond motifs is 10. The van der Waals surface area contributed by atoms with E-state index in [0.29, 0.717) is 0 Å². The minimum absolute atomic E-state index is 0. The fourth-order valence-electron chi connectivity index (χ4n) is 9.82. The molecule has 0 amide bonds. The van der Waals surface area contributed by atoms with Crippen molar-refractivity contribution in [2.24, 2.45) is 0 Å². The first-order chi connectivity index (χ1) is 30.9. The summed E-state index contributed by atoms with van der Waals surface area (Å²) < 4.78 is 7.92. The number of hydrogen-bond acceptors (Lipinski definition) is 10. The van der Waals surface area contributed by atoms with Crippen LogP contribution in [0.2, 0.25) is 0 Å². The molecular formula is C48H34B2N10Pt2S4. The van der Waals surface area contributed by atoms with Gasteiger partial charge in [0.05, 0.1) is 22.8 Å². The summed E-state index contributed by atoms with van der Waals surface area (Å²) in [7, 11) is 0. The van der Waals surface area contributed by atoms with Gasteiger partial charge in [-0.15, -0.1) is 45.4 Å². The quantitative estimate of drug-likeness (QED) is 0.160. The van der Waals surface area contributed by atoms with Gasteiger partial charge >= 0.3 is 42.1 Å². The molecule has 0 spiro atoms. The Morgan fingerprint density at radius 1 is 0.409 bits per heavy atom. The monoisotopic (exact) mass is 1290 g/mol. The van der Waals surface area contributed by atoms with Gasteiger partial charge in [-0.2, -0.15) is 102 Å². The molecule has 0 saturated heterocycles. The number of benzene rings is 3. The summed E-state index contributed by atoms with van der Waals surface area (Å²) in [6.07, 6.45) is 3.83. The largest absolute Gasteiger partial charge is 2.00 e. The maximum absolute atomic E-state index is 5.25. The number of nitrogens with zero attached hydrogens (tertiary/aromatic N) is 10. The molecule has 0 unspecified atom stereocenters. The van der Waals surface area contributed by atoms with Gasteiger partial charge < -0.3 is 9.97 Å². The Kier molecular flexibility index (Phi) is 10.8. The van der Waals surface area contributed by atoms with Crippen LogP contribution in [0, 0.1) is 79.7 Å². The third-order valence-corrected chi connectivity index (χ3v) is 17.3. The topological polar surface area (TPSA) is 97.1 Å². The summed E-state index contributed by atoms with van der Waals surface area (Å²) in [6.45, 7) is 16.1. The van der Waals surface area contributed by atoms with E-state index >= 15 is 0 Å². The van der Waals surface area contributed by atoms with E-state index in [0.717, 1.165) is 110 Å². The van der Waals surface area contributed by atoms with Crippen molar-refractivity contribution in [1.29, 1.82) is 0 Å². The average molecular weight is 1290 g/mol. The normalized spacial score (nSPS) is 13.5.